The molecule has 0 aliphatic carbocycles. The number of hydrogen-bond acceptors (Lipinski definition) is 3. The number of rotatable bonds is 1. The van der Waals surface area contributed by atoms with Crippen molar-refractivity contribution in [1.82, 2.24) is 14.5 Å². The molecular formula is C10H15N3O. The smallest absolute Gasteiger partial charge is 0.126 e. The Bertz CT molecular complexity index is 317. The van der Waals surface area contributed by atoms with Crippen LogP contribution in [0.3, 0.4) is 0 Å². The number of aromatic nitrogens is 2. The van der Waals surface area contributed by atoms with Gasteiger partial charge >= 0.3 is 0 Å². The minimum atomic E-state index is 0.536. The molecule has 1 atom stereocenters. The average molecular weight is 193 g/mol. The van der Waals surface area contributed by atoms with Crippen LogP contribution in [-0.4, -0.2) is 40.8 Å². The van der Waals surface area contributed by atoms with Crippen molar-refractivity contribution < 1.29 is 4.74 Å². The second-order valence-corrected chi connectivity index (χ2v) is 3.93. The van der Waals surface area contributed by atoms with Gasteiger partial charge in [0.2, 0.25) is 0 Å². The lowest BCUT2D eigenvalue weighted by atomic mass is 10.2. The zero-order chi connectivity index (χ0) is 9.38. The van der Waals surface area contributed by atoms with E-state index >= 15 is 0 Å². The van der Waals surface area contributed by atoms with Crippen LogP contribution in [0.2, 0.25) is 0 Å². The number of ether oxygens (including phenoxy) is 1. The highest BCUT2D eigenvalue weighted by molar-refractivity contribution is 5.05. The summed E-state index contributed by atoms with van der Waals surface area (Å²) in [5, 5.41) is 0. The highest BCUT2D eigenvalue weighted by Crippen LogP contribution is 2.29. The van der Waals surface area contributed by atoms with Crippen LogP contribution in [0.5, 0.6) is 0 Å². The molecule has 0 spiro atoms. The fourth-order valence-corrected chi connectivity index (χ4v) is 2.43. The SMILES string of the molecule is c1cn2c(n1)[C@H](N1CCOCC1)CC2. The molecule has 1 saturated heterocycles. The molecule has 0 unspecified atom stereocenters. The predicted octanol–water partition coefficient (Wildman–Crippen LogP) is 0.660. The van der Waals surface area contributed by atoms with Crippen LogP contribution in [0.1, 0.15) is 18.3 Å². The quantitative estimate of drug-likeness (QED) is 0.656. The summed E-state index contributed by atoms with van der Waals surface area (Å²) in [5.41, 5.74) is 0. The molecule has 0 N–H and O–H groups in total. The van der Waals surface area contributed by atoms with Gasteiger partial charge in [0.05, 0.1) is 19.3 Å². The zero-order valence-electron chi connectivity index (χ0n) is 8.22. The van der Waals surface area contributed by atoms with Gasteiger partial charge in [-0.15, -0.1) is 0 Å². The van der Waals surface area contributed by atoms with Crippen LogP contribution < -0.4 is 0 Å². The number of imidazole rings is 1. The van der Waals surface area contributed by atoms with Crippen molar-refractivity contribution in [3.05, 3.63) is 18.2 Å². The van der Waals surface area contributed by atoms with E-state index in [1.54, 1.807) is 0 Å². The lowest BCUT2D eigenvalue weighted by molar-refractivity contribution is 0.0156. The maximum atomic E-state index is 5.36. The van der Waals surface area contributed by atoms with Crippen LogP contribution in [0, 0.1) is 0 Å². The highest BCUT2D eigenvalue weighted by Gasteiger charge is 2.29. The Morgan fingerprint density at radius 2 is 2.14 bits per heavy atom. The first-order valence-electron chi connectivity index (χ1n) is 5.28. The number of hydrogen-bond donors (Lipinski definition) is 0. The fraction of sp³-hybridized carbons (Fsp3) is 0.700. The molecule has 14 heavy (non-hydrogen) atoms. The first-order valence-corrected chi connectivity index (χ1v) is 5.28. The van der Waals surface area contributed by atoms with E-state index in [9.17, 15) is 0 Å². The number of fused-ring (bicyclic) bond motifs is 1. The van der Waals surface area contributed by atoms with E-state index in [0.29, 0.717) is 6.04 Å². The van der Waals surface area contributed by atoms with Gasteiger partial charge in [0, 0.05) is 32.0 Å². The predicted molar refractivity (Wildman–Crippen MR) is 52.0 cm³/mol. The Hall–Kier alpha value is -0.870. The maximum absolute atomic E-state index is 5.36. The van der Waals surface area contributed by atoms with Crippen LogP contribution in [0.25, 0.3) is 0 Å². The van der Waals surface area contributed by atoms with Crippen LogP contribution in [0.15, 0.2) is 12.4 Å². The zero-order valence-corrected chi connectivity index (χ0v) is 8.22. The summed E-state index contributed by atoms with van der Waals surface area (Å²) < 4.78 is 7.62. The van der Waals surface area contributed by atoms with Gasteiger partial charge < -0.3 is 9.30 Å². The molecule has 3 rings (SSSR count). The molecule has 2 aliphatic rings. The Morgan fingerprint density at radius 1 is 1.29 bits per heavy atom. The largest absolute Gasteiger partial charge is 0.379 e. The number of nitrogens with zero attached hydrogens (tertiary/aromatic N) is 3. The van der Waals surface area contributed by atoms with Gasteiger partial charge in [0.15, 0.2) is 0 Å². The summed E-state index contributed by atoms with van der Waals surface area (Å²) >= 11 is 0. The fourth-order valence-electron chi connectivity index (χ4n) is 2.43. The van der Waals surface area contributed by atoms with Gasteiger partial charge in [-0.1, -0.05) is 0 Å². The molecule has 4 heteroatoms. The van der Waals surface area contributed by atoms with Crippen LogP contribution >= 0.6 is 0 Å². The van der Waals surface area contributed by atoms with Gasteiger partial charge in [-0.05, 0) is 6.42 Å². The van der Waals surface area contributed by atoms with Crippen molar-refractivity contribution in [2.45, 2.75) is 19.0 Å². The second kappa shape index (κ2) is 3.37. The molecule has 0 saturated carbocycles. The van der Waals surface area contributed by atoms with Gasteiger partial charge in [0.25, 0.3) is 0 Å². The van der Waals surface area contributed by atoms with Gasteiger partial charge in [-0.2, -0.15) is 0 Å². The molecule has 1 aromatic heterocycles. The van der Waals surface area contributed by atoms with Gasteiger partial charge in [-0.3, -0.25) is 4.90 Å². The normalized spacial score (nSPS) is 27.9. The maximum Gasteiger partial charge on any atom is 0.126 e. The van der Waals surface area contributed by atoms with Crippen molar-refractivity contribution in [1.29, 1.82) is 0 Å². The molecule has 1 aromatic rings. The van der Waals surface area contributed by atoms with Crippen molar-refractivity contribution in [3.63, 3.8) is 0 Å². The van der Waals surface area contributed by atoms with Crippen molar-refractivity contribution in [2.75, 3.05) is 26.3 Å². The molecule has 1 fully saturated rings. The molecule has 0 radical (unpaired) electrons. The minimum Gasteiger partial charge on any atom is -0.379 e. The molecule has 2 aliphatic heterocycles. The van der Waals surface area contributed by atoms with Crippen LogP contribution in [-0.2, 0) is 11.3 Å². The molecule has 76 valence electrons. The summed E-state index contributed by atoms with van der Waals surface area (Å²) in [6.07, 6.45) is 5.20. The Morgan fingerprint density at radius 3 is 3.00 bits per heavy atom. The van der Waals surface area contributed by atoms with Gasteiger partial charge in [0.1, 0.15) is 5.82 Å². The summed E-state index contributed by atoms with van der Waals surface area (Å²) in [7, 11) is 0. The van der Waals surface area contributed by atoms with Crippen molar-refractivity contribution in [3.8, 4) is 0 Å². The average Bonchev–Trinajstić information content (AvgIpc) is 2.79. The molecule has 3 heterocycles. The third kappa shape index (κ3) is 1.26. The standard InChI is InChI=1S/C10H15N3O/c1-3-13-4-2-11-10(13)9(1)12-5-7-14-8-6-12/h2,4,9H,1,3,5-8H2/t9-/m1/s1. The van der Waals surface area contributed by atoms with Crippen molar-refractivity contribution >= 4 is 0 Å². The summed E-state index contributed by atoms with van der Waals surface area (Å²) in [4.78, 5) is 6.93. The Balaban J connectivity index is 1.80. The third-order valence-electron chi connectivity index (χ3n) is 3.18. The Kier molecular flexibility index (Phi) is 2.03. The van der Waals surface area contributed by atoms with Crippen LogP contribution in [0.4, 0.5) is 0 Å². The first-order chi connectivity index (χ1) is 6.95. The number of aryl methyl sites for hydroxylation is 1. The molecule has 0 bridgehead atoms. The topological polar surface area (TPSA) is 30.3 Å². The highest BCUT2D eigenvalue weighted by atomic mass is 16.5. The van der Waals surface area contributed by atoms with E-state index in [1.165, 1.54) is 12.2 Å². The monoisotopic (exact) mass is 193 g/mol. The van der Waals surface area contributed by atoms with E-state index in [-0.39, 0.29) is 0 Å². The Labute approximate surface area is 83.5 Å². The van der Waals surface area contributed by atoms with E-state index in [4.69, 9.17) is 4.74 Å². The molecule has 4 nitrogen and oxygen atoms in total. The molecule has 0 aromatic carbocycles. The third-order valence-corrected chi connectivity index (χ3v) is 3.18. The lowest BCUT2D eigenvalue weighted by Crippen LogP contribution is -2.38. The van der Waals surface area contributed by atoms with Crippen molar-refractivity contribution in [2.24, 2.45) is 0 Å². The second-order valence-electron chi connectivity index (χ2n) is 3.93. The first kappa shape index (κ1) is 8.44. The molecule has 0 amide bonds. The lowest BCUT2D eigenvalue weighted by Gasteiger charge is -2.31. The van der Waals surface area contributed by atoms with E-state index in [2.05, 4.69) is 20.6 Å². The van der Waals surface area contributed by atoms with E-state index in [0.717, 1.165) is 32.8 Å². The summed E-state index contributed by atoms with van der Waals surface area (Å²) in [6, 6.07) is 0.536. The van der Waals surface area contributed by atoms with E-state index in [1.807, 2.05) is 6.20 Å². The van der Waals surface area contributed by atoms with E-state index < -0.39 is 0 Å². The molecular weight excluding hydrogens is 178 g/mol. The minimum absolute atomic E-state index is 0.536. The van der Waals surface area contributed by atoms with Gasteiger partial charge in [-0.25, -0.2) is 4.98 Å². The summed E-state index contributed by atoms with van der Waals surface area (Å²) in [6.45, 7) is 4.97. The number of morpholine rings is 1. The summed E-state index contributed by atoms with van der Waals surface area (Å²) in [5.74, 6) is 1.24.